The average molecular weight is 483 g/mol. The van der Waals surface area contributed by atoms with Gasteiger partial charge in [-0.25, -0.2) is 0 Å². The minimum absolute atomic E-state index is 0.130. The predicted molar refractivity (Wildman–Crippen MR) is 132 cm³/mol. The van der Waals surface area contributed by atoms with Gasteiger partial charge in [-0.1, -0.05) is 30.3 Å². The molecular weight excluding hydrogens is 452 g/mol. The monoisotopic (exact) mass is 482 g/mol. The highest BCUT2D eigenvalue weighted by Gasteiger charge is 2.33. The first-order chi connectivity index (χ1) is 16.5. The van der Waals surface area contributed by atoms with E-state index in [1.165, 1.54) is 22.3 Å². The molecule has 180 valence electrons. The lowest BCUT2D eigenvalue weighted by Gasteiger charge is -2.31. The van der Waals surface area contributed by atoms with E-state index >= 15 is 0 Å². The molecule has 2 amide bonds. The molecule has 2 aromatic carbocycles. The Balaban J connectivity index is 1.97. The smallest absolute Gasteiger partial charge is 0.258 e. The molecule has 34 heavy (non-hydrogen) atoms. The summed E-state index contributed by atoms with van der Waals surface area (Å²) in [4.78, 5) is 29.6. The zero-order valence-electron chi connectivity index (χ0n) is 19.4. The van der Waals surface area contributed by atoms with Gasteiger partial charge in [-0.2, -0.15) is 0 Å². The lowest BCUT2D eigenvalue weighted by atomic mass is 10.0. The maximum Gasteiger partial charge on any atom is 0.258 e. The van der Waals surface area contributed by atoms with Gasteiger partial charge in [0.05, 0.1) is 19.2 Å². The summed E-state index contributed by atoms with van der Waals surface area (Å²) in [7, 11) is 1.57. The Morgan fingerprint density at radius 1 is 1.09 bits per heavy atom. The lowest BCUT2D eigenvalue weighted by molar-refractivity contribution is -0.126. The molecule has 1 heterocycles. The van der Waals surface area contributed by atoms with Crippen molar-refractivity contribution in [2.24, 2.45) is 0 Å². The number of nitrogens with one attached hydrogen (secondary N) is 1. The van der Waals surface area contributed by atoms with E-state index in [9.17, 15) is 14.7 Å². The normalized spacial score (nSPS) is 11.6. The van der Waals surface area contributed by atoms with E-state index in [-0.39, 0.29) is 23.8 Å². The van der Waals surface area contributed by atoms with E-state index in [1.54, 1.807) is 49.6 Å². The lowest BCUT2D eigenvalue weighted by Crippen LogP contribution is -2.43. The first-order valence-electron chi connectivity index (χ1n) is 11.2. The molecule has 0 aliphatic rings. The van der Waals surface area contributed by atoms with Crippen molar-refractivity contribution in [2.45, 2.75) is 25.9 Å². The van der Waals surface area contributed by atoms with Crippen LogP contribution in [0.5, 0.6) is 11.5 Å². The second-order valence-corrected chi connectivity index (χ2v) is 8.58. The van der Waals surface area contributed by atoms with Crippen LogP contribution in [0.15, 0.2) is 66.0 Å². The summed E-state index contributed by atoms with van der Waals surface area (Å²) in [5.41, 5.74) is 0.783. The van der Waals surface area contributed by atoms with E-state index in [0.29, 0.717) is 37.5 Å². The molecule has 8 heteroatoms. The first kappa shape index (κ1) is 25.3. The maximum atomic E-state index is 13.7. The number of thiophene rings is 1. The molecule has 0 radical (unpaired) electrons. The summed E-state index contributed by atoms with van der Waals surface area (Å²) in [6.45, 7) is 3.72. The van der Waals surface area contributed by atoms with Gasteiger partial charge in [0.15, 0.2) is 0 Å². The van der Waals surface area contributed by atoms with Crippen molar-refractivity contribution in [3.05, 3.63) is 82.0 Å². The van der Waals surface area contributed by atoms with Gasteiger partial charge in [0.2, 0.25) is 5.91 Å². The molecule has 0 saturated carbocycles. The van der Waals surface area contributed by atoms with Gasteiger partial charge in [-0.15, -0.1) is 11.3 Å². The van der Waals surface area contributed by atoms with E-state index in [0.717, 1.165) is 4.88 Å². The van der Waals surface area contributed by atoms with Crippen molar-refractivity contribution in [3.63, 3.8) is 0 Å². The molecular formula is C26H30N2O5S. The highest BCUT2D eigenvalue weighted by atomic mass is 32.1. The number of methoxy groups -OCH3 is 1. The molecule has 3 rings (SSSR count). The third-order valence-electron chi connectivity index (χ3n) is 5.26. The van der Waals surface area contributed by atoms with E-state index < -0.39 is 11.9 Å². The van der Waals surface area contributed by atoms with Gasteiger partial charge >= 0.3 is 0 Å². The van der Waals surface area contributed by atoms with Gasteiger partial charge < -0.3 is 24.8 Å². The number of nitrogens with zero attached hydrogens (tertiary/aromatic N) is 1. The van der Waals surface area contributed by atoms with Gasteiger partial charge in [0.25, 0.3) is 5.91 Å². The average Bonchev–Trinajstić information content (AvgIpc) is 3.37. The Labute approximate surface area is 203 Å². The van der Waals surface area contributed by atoms with Crippen LogP contribution in [0.3, 0.4) is 0 Å². The third kappa shape index (κ3) is 6.59. The van der Waals surface area contributed by atoms with Gasteiger partial charge in [0, 0.05) is 24.6 Å². The fourth-order valence-corrected chi connectivity index (χ4v) is 4.25. The number of para-hydroxylation sites is 1. The molecule has 3 aromatic rings. The quantitative estimate of drug-likeness (QED) is 0.374. The van der Waals surface area contributed by atoms with Crippen molar-refractivity contribution >= 4 is 23.2 Å². The molecule has 0 aliphatic heterocycles. The van der Waals surface area contributed by atoms with Crippen LogP contribution in [-0.2, 0) is 16.1 Å². The number of rotatable bonds is 12. The number of carbonyl (C=O) groups excluding carboxylic acids is 2. The van der Waals surface area contributed by atoms with E-state index in [1.807, 2.05) is 24.4 Å². The van der Waals surface area contributed by atoms with Crippen LogP contribution in [0.25, 0.3) is 0 Å². The number of phenols is 1. The van der Waals surface area contributed by atoms with Gasteiger partial charge in [-0.05, 0) is 54.6 Å². The Bertz CT molecular complexity index is 1050. The predicted octanol–water partition coefficient (Wildman–Crippen LogP) is 4.39. The number of hydrogen-bond acceptors (Lipinski definition) is 6. The molecule has 0 spiro atoms. The fourth-order valence-electron chi connectivity index (χ4n) is 3.55. The van der Waals surface area contributed by atoms with E-state index in [2.05, 4.69) is 5.32 Å². The highest BCUT2D eigenvalue weighted by Crippen LogP contribution is 2.30. The van der Waals surface area contributed by atoms with Crippen LogP contribution >= 0.6 is 11.3 Å². The number of aromatic hydroxyl groups is 1. The highest BCUT2D eigenvalue weighted by molar-refractivity contribution is 7.09. The summed E-state index contributed by atoms with van der Waals surface area (Å²) in [6.07, 6.45) is 0.660. The fraction of sp³-hybridized carbons (Fsp3) is 0.308. The number of amides is 2. The summed E-state index contributed by atoms with van der Waals surface area (Å²) < 4.78 is 10.6. The zero-order valence-corrected chi connectivity index (χ0v) is 20.2. The van der Waals surface area contributed by atoms with Gasteiger partial charge in [0.1, 0.15) is 17.5 Å². The van der Waals surface area contributed by atoms with Crippen LogP contribution in [0.2, 0.25) is 0 Å². The molecule has 1 atom stereocenters. The number of phenolic OH excluding ortho intramolecular Hbond substituents is 1. The minimum Gasteiger partial charge on any atom is -0.507 e. The molecule has 0 saturated heterocycles. The van der Waals surface area contributed by atoms with Crippen molar-refractivity contribution in [2.75, 3.05) is 26.9 Å². The summed E-state index contributed by atoms with van der Waals surface area (Å²) in [6, 6.07) is 16.4. The third-order valence-corrected chi connectivity index (χ3v) is 6.12. The standard InChI is InChI=1S/C26H30N2O5S/c1-3-33-16-7-15-27-25(30)24(19-11-13-20(32-2)14-12-19)28(18-21-8-6-17-34-21)26(31)22-9-4-5-10-23(22)29/h4-6,8-14,17,24,29H,3,7,15-16,18H2,1-2H3,(H,27,30)/t24-/m0/s1. The number of hydrogen-bond donors (Lipinski definition) is 2. The molecule has 0 aliphatic carbocycles. The topological polar surface area (TPSA) is 88.1 Å². The maximum absolute atomic E-state index is 13.7. The Kier molecular flexibility index (Phi) is 9.49. The molecule has 0 bridgehead atoms. The van der Waals surface area contributed by atoms with Crippen LogP contribution in [0.1, 0.15) is 40.2 Å². The summed E-state index contributed by atoms with van der Waals surface area (Å²) >= 11 is 1.50. The number of carbonyl (C=O) groups is 2. The van der Waals surface area contributed by atoms with Crippen LogP contribution in [0.4, 0.5) is 0 Å². The summed E-state index contributed by atoms with van der Waals surface area (Å²) in [5, 5.41) is 15.2. The molecule has 1 aromatic heterocycles. The molecule has 0 unspecified atom stereocenters. The second-order valence-electron chi connectivity index (χ2n) is 7.55. The van der Waals surface area contributed by atoms with Gasteiger partial charge in [-0.3, -0.25) is 9.59 Å². The van der Waals surface area contributed by atoms with Crippen molar-refractivity contribution < 1.29 is 24.2 Å². The molecule has 0 fully saturated rings. The van der Waals surface area contributed by atoms with Crippen molar-refractivity contribution in [1.82, 2.24) is 10.2 Å². The number of benzene rings is 2. The molecule has 7 nitrogen and oxygen atoms in total. The second kappa shape index (κ2) is 12.8. The number of ether oxygens (including phenoxy) is 2. The van der Waals surface area contributed by atoms with E-state index in [4.69, 9.17) is 9.47 Å². The zero-order chi connectivity index (χ0) is 24.3. The molecule has 2 N–H and O–H groups in total. The first-order valence-corrected chi connectivity index (χ1v) is 12.0. The van der Waals surface area contributed by atoms with Crippen LogP contribution < -0.4 is 10.1 Å². The van der Waals surface area contributed by atoms with Crippen LogP contribution in [-0.4, -0.2) is 48.7 Å². The largest absolute Gasteiger partial charge is 0.507 e. The minimum atomic E-state index is -0.910. The Hall–Kier alpha value is -3.36. The van der Waals surface area contributed by atoms with Crippen LogP contribution in [0, 0.1) is 0 Å². The van der Waals surface area contributed by atoms with Crippen molar-refractivity contribution in [1.29, 1.82) is 0 Å². The SMILES string of the molecule is CCOCCCNC(=O)[C@H](c1ccc(OC)cc1)N(Cc1cccs1)C(=O)c1ccccc1O. The summed E-state index contributed by atoms with van der Waals surface area (Å²) in [5.74, 6) is -0.218. The Morgan fingerprint density at radius 3 is 2.50 bits per heavy atom. The van der Waals surface area contributed by atoms with Crippen molar-refractivity contribution in [3.8, 4) is 11.5 Å². The Morgan fingerprint density at radius 2 is 1.85 bits per heavy atom.